The molecule has 2 N–H and O–H groups in total. The van der Waals surface area contributed by atoms with Crippen LogP contribution in [-0.2, 0) is 4.79 Å². The van der Waals surface area contributed by atoms with Gasteiger partial charge >= 0.3 is 0 Å². The normalized spacial score (nSPS) is 15.7. The number of anilines is 3. The standard InChI is InChI=1S/C29H27ClFN5O2/c1-36-15-5-7-19(36)11-14-25(37)34-23-13-12-22-27(26(23)18-6-3-8-20(16-18)38-2)29(33-17-32-22)35-24-10-4-9-21(30)28(24)31/h3-4,6,8-14,16-17,19H,5,7,15H2,1-2H3,(H,34,37)(H,32,33,35). The van der Waals surface area contributed by atoms with Crippen LogP contribution >= 0.6 is 11.6 Å². The number of amides is 1. The Hall–Kier alpha value is -4.01. The quantitative estimate of drug-likeness (QED) is 0.267. The van der Waals surface area contributed by atoms with E-state index in [1.54, 1.807) is 37.5 Å². The minimum atomic E-state index is -0.588. The number of hydrogen-bond acceptors (Lipinski definition) is 6. The lowest BCUT2D eigenvalue weighted by Crippen LogP contribution is -2.23. The Labute approximate surface area is 225 Å². The molecule has 1 aliphatic rings. The van der Waals surface area contributed by atoms with Gasteiger partial charge in [0.15, 0.2) is 5.82 Å². The molecule has 1 atom stereocenters. The molecule has 0 radical (unpaired) electrons. The Morgan fingerprint density at radius 3 is 2.79 bits per heavy atom. The highest BCUT2D eigenvalue weighted by Crippen LogP contribution is 2.40. The summed E-state index contributed by atoms with van der Waals surface area (Å²) in [7, 11) is 3.65. The van der Waals surface area contributed by atoms with Crippen LogP contribution in [0.5, 0.6) is 5.75 Å². The van der Waals surface area contributed by atoms with E-state index in [-0.39, 0.29) is 22.7 Å². The summed E-state index contributed by atoms with van der Waals surface area (Å²) in [6.07, 6.45) is 7.06. The second-order valence-electron chi connectivity index (χ2n) is 9.10. The van der Waals surface area contributed by atoms with E-state index in [1.165, 1.54) is 12.4 Å². The van der Waals surface area contributed by atoms with Crippen molar-refractivity contribution < 1.29 is 13.9 Å². The second kappa shape index (κ2) is 11.2. The number of nitrogens with one attached hydrogen (secondary N) is 2. The maximum atomic E-state index is 14.8. The van der Waals surface area contributed by atoms with Crippen molar-refractivity contribution in [2.45, 2.75) is 18.9 Å². The van der Waals surface area contributed by atoms with E-state index in [0.717, 1.165) is 24.9 Å². The molecule has 0 bridgehead atoms. The van der Waals surface area contributed by atoms with Crippen LogP contribution in [0, 0.1) is 5.82 Å². The van der Waals surface area contributed by atoms with E-state index in [0.29, 0.717) is 33.7 Å². The molecule has 3 aromatic carbocycles. The topological polar surface area (TPSA) is 79.4 Å². The Morgan fingerprint density at radius 1 is 1.16 bits per heavy atom. The number of aromatic nitrogens is 2. The number of methoxy groups -OCH3 is 1. The molecule has 1 unspecified atom stereocenters. The number of rotatable bonds is 7. The lowest BCUT2D eigenvalue weighted by atomic mass is 9.98. The van der Waals surface area contributed by atoms with E-state index in [1.807, 2.05) is 30.3 Å². The van der Waals surface area contributed by atoms with Gasteiger partial charge in [-0.3, -0.25) is 9.69 Å². The van der Waals surface area contributed by atoms with Gasteiger partial charge in [0.05, 0.1) is 28.7 Å². The molecule has 9 heteroatoms. The van der Waals surface area contributed by atoms with Crippen LogP contribution in [-0.4, -0.2) is 47.5 Å². The van der Waals surface area contributed by atoms with Gasteiger partial charge in [0, 0.05) is 23.4 Å². The summed E-state index contributed by atoms with van der Waals surface area (Å²) in [4.78, 5) is 24.1. The predicted octanol–water partition coefficient (Wildman–Crippen LogP) is 6.43. The molecule has 194 valence electrons. The van der Waals surface area contributed by atoms with Crippen LogP contribution in [0.3, 0.4) is 0 Å². The maximum absolute atomic E-state index is 14.8. The molecule has 4 aromatic rings. The first kappa shape index (κ1) is 25.6. The zero-order valence-electron chi connectivity index (χ0n) is 21.0. The molecule has 1 fully saturated rings. The van der Waals surface area contributed by atoms with Gasteiger partial charge in [-0.15, -0.1) is 0 Å². The van der Waals surface area contributed by atoms with Crippen molar-refractivity contribution in [3.63, 3.8) is 0 Å². The molecule has 0 saturated carbocycles. The summed E-state index contributed by atoms with van der Waals surface area (Å²) in [6, 6.07) is 16.0. The molecular formula is C29H27ClFN5O2. The lowest BCUT2D eigenvalue weighted by molar-refractivity contribution is -0.111. The largest absolute Gasteiger partial charge is 0.497 e. The molecule has 0 spiro atoms. The molecular weight excluding hydrogens is 505 g/mol. The Morgan fingerprint density at radius 2 is 2.00 bits per heavy atom. The molecule has 1 amide bonds. The highest BCUT2D eigenvalue weighted by atomic mass is 35.5. The van der Waals surface area contributed by atoms with Crippen molar-refractivity contribution in [3.05, 3.63) is 83.9 Å². The van der Waals surface area contributed by atoms with Crippen LogP contribution in [0.1, 0.15) is 12.8 Å². The number of fused-ring (bicyclic) bond motifs is 1. The average Bonchev–Trinajstić information content (AvgIpc) is 3.34. The number of halogens is 2. The van der Waals surface area contributed by atoms with Crippen molar-refractivity contribution in [1.82, 2.24) is 14.9 Å². The third-order valence-corrected chi connectivity index (χ3v) is 6.96. The number of carbonyl (C=O) groups is 1. The van der Waals surface area contributed by atoms with Crippen LogP contribution in [0.15, 0.2) is 73.1 Å². The number of ether oxygens (including phenoxy) is 1. The molecule has 5 rings (SSSR count). The Kier molecular flexibility index (Phi) is 7.53. The first-order valence-corrected chi connectivity index (χ1v) is 12.6. The molecule has 38 heavy (non-hydrogen) atoms. The molecule has 1 aliphatic heterocycles. The van der Waals surface area contributed by atoms with Gasteiger partial charge in [0.2, 0.25) is 5.91 Å². The van der Waals surface area contributed by atoms with Crippen molar-refractivity contribution >= 4 is 45.6 Å². The van der Waals surface area contributed by atoms with Gasteiger partial charge in [-0.25, -0.2) is 14.4 Å². The summed E-state index contributed by atoms with van der Waals surface area (Å²) in [6.45, 7) is 1.02. The van der Waals surface area contributed by atoms with Gasteiger partial charge in [-0.2, -0.15) is 0 Å². The van der Waals surface area contributed by atoms with Crippen LogP contribution in [0.2, 0.25) is 5.02 Å². The van der Waals surface area contributed by atoms with Gasteiger partial charge in [-0.1, -0.05) is 35.9 Å². The highest BCUT2D eigenvalue weighted by molar-refractivity contribution is 6.31. The third kappa shape index (κ3) is 5.32. The molecule has 7 nitrogen and oxygen atoms in total. The summed E-state index contributed by atoms with van der Waals surface area (Å²) in [5, 5.41) is 6.70. The SMILES string of the molecule is COc1cccc(-c2c(NC(=O)C=CC3CCCN3C)ccc3ncnc(Nc4cccc(Cl)c4F)c23)c1. The van der Waals surface area contributed by atoms with E-state index in [2.05, 4.69) is 32.5 Å². The third-order valence-electron chi connectivity index (χ3n) is 6.67. The summed E-state index contributed by atoms with van der Waals surface area (Å²) in [5.74, 6) is 0.178. The molecule has 1 aromatic heterocycles. The average molecular weight is 532 g/mol. The Balaban J connectivity index is 1.62. The highest BCUT2D eigenvalue weighted by Gasteiger charge is 2.20. The number of carbonyl (C=O) groups excluding carboxylic acids is 1. The fourth-order valence-electron chi connectivity index (χ4n) is 4.71. The van der Waals surface area contributed by atoms with Gasteiger partial charge in [0.25, 0.3) is 0 Å². The van der Waals surface area contributed by atoms with Gasteiger partial charge < -0.3 is 15.4 Å². The van der Waals surface area contributed by atoms with E-state index in [4.69, 9.17) is 16.3 Å². The van der Waals surface area contributed by atoms with E-state index < -0.39 is 5.82 Å². The minimum absolute atomic E-state index is 0.00553. The number of likely N-dealkylation sites (tertiary alicyclic amines) is 1. The van der Waals surface area contributed by atoms with Crippen LogP contribution in [0.25, 0.3) is 22.0 Å². The van der Waals surface area contributed by atoms with Crippen LogP contribution < -0.4 is 15.4 Å². The van der Waals surface area contributed by atoms with Gasteiger partial charge in [-0.05, 0) is 68.4 Å². The summed E-state index contributed by atoms with van der Waals surface area (Å²) < 4.78 is 20.2. The predicted molar refractivity (Wildman–Crippen MR) is 150 cm³/mol. The van der Waals surface area contributed by atoms with E-state index in [9.17, 15) is 9.18 Å². The lowest BCUT2D eigenvalue weighted by Gasteiger charge is -2.18. The van der Waals surface area contributed by atoms with Gasteiger partial charge in [0.1, 0.15) is 17.9 Å². The fraction of sp³-hybridized carbons (Fsp3) is 0.207. The number of nitrogens with zero attached hydrogens (tertiary/aromatic N) is 3. The number of likely N-dealkylation sites (N-methyl/N-ethyl adjacent to an activating group) is 1. The van der Waals surface area contributed by atoms with Crippen molar-refractivity contribution in [3.8, 4) is 16.9 Å². The maximum Gasteiger partial charge on any atom is 0.248 e. The van der Waals surface area contributed by atoms with Crippen molar-refractivity contribution in [2.24, 2.45) is 0 Å². The first-order chi connectivity index (χ1) is 18.4. The van der Waals surface area contributed by atoms with Crippen molar-refractivity contribution in [2.75, 3.05) is 31.3 Å². The van der Waals surface area contributed by atoms with Crippen molar-refractivity contribution in [1.29, 1.82) is 0 Å². The number of benzene rings is 3. The molecule has 2 heterocycles. The summed E-state index contributed by atoms with van der Waals surface area (Å²) >= 11 is 6.01. The number of hydrogen-bond donors (Lipinski definition) is 2. The smallest absolute Gasteiger partial charge is 0.248 e. The molecule has 0 aliphatic carbocycles. The summed E-state index contributed by atoms with van der Waals surface area (Å²) in [5.41, 5.74) is 2.79. The minimum Gasteiger partial charge on any atom is -0.497 e. The zero-order valence-corrected chi connectivity index (χ0v) is 21.8. The fourth-order valence-corrected chi connectivity index (χ4v) is 4.88. The molecule has 1 saturated heterocycles. The zero-order chi connectivity index (χ0) is 26.6. The second-order valence-corrected chi connectivity index (χ2v) is 9.51. The van der Waals surface area contributed by atoms with E-state index >= 15 is 0 Å². The van der Waals surface area contributed by atoms with Crippen LogP contribution in [0.4, 0.5) is 21.6 Å². The monoisotopic (exact) mass is 531 g/mol. The Bertz CT molecular complexity index is 1530. The first-order valence-electron chi connectivity index (χ1n) is 12.3.